The number of rotatable bonds is 7. The van der Waals surface area contributed by atoms with Crippen molar-refractivity contribution in [2.75, 3.05) is 19.3 Å². The van der Waals surface area contributed by atoms with E-state index in [4.69, 9.17) is 5.73 Å². The van der Waals surface area contributed by atoms with Gasteiger partial charge in [0.25, 0.3) is 5.91 Å². The van der Waals surface area contributed by atoms with Crippen LogP contribution in [0.5, 0.6) is 0 Å². The van der Waals surface area contributed by atoms with Crippen molar-refractivity contribution >= 4 is 21.6 Å². The van der Waals surface area contributed by atoms with E-state index in [0.717, 1.165) is 16.6 Å². The molecule has 1 aromatic carbocycles. The lowest BCUT2D eigenvalue weighted by atomic mass is 10.2. The number of nitrogens with one attached hydrogen (secondary N) is 1. The Bertz CT molecular complexity index is 917. The van der Waals surface area contributed by atoms with Crippen molar-refractivity contribution in [2.45, 2.75) is 24.5 Å². The molecule has 0 aliphatic carbocycles. The lowest BCUT2D eigenvalue weighted by molar-refractivity contribution is 0.0920. The SMILES string of the molecule is C[C@H](O)CNC(=O)c1ncc(S(=O)(=O)N(C)Cc2ccc(F)cc2)cc1N. The third-order valence-corrected chi connectivity index (χ3v) is 5.46. The summed E-state index contributed by atoms with van der Waals surface area (Å²) in [5.74, 6) is -1.03. The molecule has 2 aromatic rings. The van der Waals surface area contributed by atoms with Gasteiger partial charge in [-0.2, -0.15) is 4.31 Å². The molecule has 0 aliphatic rings. The van der Waals surface area contributed by atoms with E-state index in [1.54, 1.807) is 0 Å². The summed E-state index contributed by atoms with van der Waals surface area (Å²) in [6.45, 7) is 1.54. The van der Waals surface area contributed by atoms with Crippen LogP contribution in [0.15, 0.2) is 41.4 Å². The molecule has 0 unspecified atom stereocenters. The molecule has 4 N–H and O–H groups in total. The molecule has 1 heterocycles. The normalized spacial score (nSPS) is 12.8. The van der Waals surface area contributed by atoms with Crippen LogP contribution < -0.4 is 11.1 Å². The number of benzene rings is 1. The molecule has 0 bridgehead atoms. The van der Waals surface area contributed by atoms with Gasteiger partial charge in [-0.05, 0) is 30.7 Å². The van der Waals surface area contributed by atoms with Crippen LogP contribution in [0.3, 0.4) is 0 Å². The number of hydrogen-bond acceptors (Lipinski definition) is 6. The van der Waals surface area contributed by atoms with E-state index in [9.17, 15) is 22.7 Å². The summed E-state index contributed by atoms with van der Waals surface area (Å²) in [5, 5.41) is 11.6. The Morgan fingerprint density at radius 3 is 2.56 bits per heavy atom. The Hall–Kier alpha value is -2.56. The van der Waals surface area contributed by atoms with E-state index in [-0.39, 0.29) is 29.4 Å². The molecule has 146 valence electrons. The second-order valence-corrected chi connectivity index (χ2v) is 8.10. The van der Waals surface area contributed by atoms with Crippen LogP contribution in [-0.4, -0.2) is 48.4 Å². The highest BCUT2D eigenvalue weighted by molar-refractivity contribution is 7.89. The predicted octanol–water partition coefficient (Wildman–Crippen LogP) is 0.734. The number of aromatic nitrogens is 1. The van der Waals surface area contributed by atoms with Crippen molar-refractivity contribution in [1.29, 1.82) is 0 Å². The summed E-state index contributed by atoms with van der Waals surface area (Å²) in [4.78, 5) is 15.7. The van der Waals surface area contributed by atoms with Crippen molar-refractivity contribution < 1.29 is 22.7 Å². The lowest BCUT2D eigenvalue weighted by Crippen LogP contribution is -2.32. The third kappa shape index (κ3) is 5.22. The van der Waals surface area contributed by atoms with E-state index in [2.05, 4.69) is 10.3 Å². The highest BCUT2D eigenvalue weighted by Gasteiger charge is 2.23. The molecule has 0 radical (unpaired) electrons. The average Bonchev–Trinajstić information content (AvgIpc) is 2.61. The number of aliphatic hydroxyl groups is 1. The van der Waals surface area contributed by atoms with Crippen molar-refractivity contribution in [3.63, 3.8) is 0 Å². The number of halogens is 1. The quantitative estimate of drug-likeness (QED) is 0.634. The smallest absolute Gasteiger partial charge is 0.272 e. The number of nitrogens with zero attached hydrogens (tertiary/aromatic N) is 2. The maximum atomic E-state index is 13.0. The van der Waals surface area contributed by atoms with Crippen molar-refractivity contribution in [3.05, 3.63) is 53.6 Å². The minimum Gasteiger partial charge on any atom is -0.397 e. The van der Waals surface area contributed by atoms with E-state index in [1.165, 1.54) is 38.2 Å². The van der Waals surface area contributed by atoms with Crippen LogP contribution in [-0.2, 0) is 16.6 Å². The first-order valence-corrected chi connectivity index (χ1v) is 9.48. The fourth-order valence-corrected chi connectivity index (χ4v) is 3.37. The van der Waals surface area contributed by atoms with Gasteiger partial charge in [0.05, 0.1) is 11.8 Å². The summed E-state index contributed by atoms with van der Waals surface area (Å²) in [6, 6.07) is 6.62. The molecule has 1 atom stereocenters. The second-order valence-electron chi connectivity index (χ2n) is 6.06. The molecular formula is C17H21FN4O4S. The molecule has 2 rings (SSSR count). The Kier molecular flexibility index (Phi) is 6.47. The molecular weight excluding hydrogens is 375 g/mol. The Balaban J connectivity index is 2.19. The maximum absolute atomic E-state index is 13.0. The first kappa shape index (κ1) is 20.7. The number of amides is 1. The zero-order valence-electron chi connectivity index (χ0n) is 14.9. The molecule has 27 heavy (non-hydrogen) atoms. The van der Waals surface area contributed by atoms with Crippen LogP contribution in [0.25, 0.3) is 0 Å². The van der Waals surface area contributed by atoms with Gasteiger partial charge < -0.3 is 16.2 Å². The lowest BCUT2D eigenvalue weighted by Gasteiger charge is -2.18. The molecule has 1 aromatic heterocycles. The number of carbonyl (C=O) groups is 1. The van der Waals surface area contributed by atoms with Crippen molar-refractivity contribution in [2.24, 2.45) is 0 Å². The summed E-state index contributed by atoms with van der Waals surface area (Å²) in [6.07, 6.45) is 0.305. The molecule has 1 amide bonds. The number of aliphatic hydroxyl groups excluding tert-OH is 1. The van der Waals surface area contributed by atoms with E-state index >= 15 is 0 Å². The van der Waals surface area contributed by atoms with Gasteiger partial charge in [-0.25, -0.2) is 17.8 Å². The van der Waals surface area contributed by atoms with Gasteiger partial charge in [0.15, 0.2) is 5.69 Å². The number of hydrogen-bond donors (Lipinski definition) is 3. The number of pyridine rings is 1. The number of anilines is 1. The van der Waals surface area contributed by atoms with Crippen molar-refractivity contribution in [3.8, 4) is 0 Å². The second kappa shape index (κ2) is 8.42. The topological polar surface area (TPSA) is 126 Å². The average molecular weight is 396 g/mol. The van der Waals surface area contributed by atoms with Gasteiger partial charge in [-0.3, -0.25) is 4.79 Å². The predicted molar refractivity (Wildman–Crippen MR) is 97.7 cm³/mol. The Morgan fingerprint density at radius 1 is 1.37 bits per heavy atom. The van der Waals surface area contributed by atoms with Crippen LogP contribution >= 0.6 is 0 Å². The molecule has 0 fully saturated rings. The number of carbonyl (C=O) groups excluding carboxylic acids is 1. The fraction of sp³-hybridized carbons (Fsp3) is 0.294. The van der Waals surface area contributed by atoms with Crippen LogP contribution in [0.1, 0.15) is 23.0 Å². The zero-order valence-corrected chi connectivity index (χ0v) is 15.7. The van der Waals surface area contributed by atoms with Gasteiger partial charge in [0.2, 0.25) is 10.0 Å². The van der Waals surface area contributed by atoms with Crippen LogP contribution in [0.4, 0.5) is 10.1 Å². The summed E-state index contributed by atoms with van der Waals surface area (Å²) < 4.78 is 39.4. The maximum Gasteiger partial charge on any atom is 0.272 e. The Morgan fingerprint density at radius 2 is 2.00 bits per heavy atom. The highest BCUT2D eigenvalue weighted by Crippen LogP contribution is 2.20. The number of nitrogens with two attached hydrogens (primary N) is 1. The Labute approximate surface area is 156 Å². The summed E-state index contributed by atoms with van der Waals surface area (Å²) >= 11 is 0. The van der Waals surface area contributed by atoms with E-state index in [0.29, 0.717) is 5.56 Å². The molecule has 0 spiro atoms. The number of nitrogen functional groups attached to an aromatic ring is 1. The molecule has 0 aliphatic heterocycles. The monoisotopic (exact) mass is 396 g/mol. The van der Waals surface area contributed by atoms with Gasteiger partial charge in [0.1, 0.15) is 10.7 Å². The first-order chi connectivity index (χ1) is 12.6. The molecule has 0 saturated carbocycles. The van der Waals surface area contributed by atoms with Crippen molar-refractivity contribution in [1.82, 2.24) is 14.6 Å². The first-order valence-electron chi connectivity index (χ1n) is 8.04. The summed E-state index contributed by atoms with van der Waals surface area (Å²) in [7, 11) is -2.54. The fourth-order valence-electron chi connectivity index (χ4n) is 2.23. The number of sulfonamides is 1. The summed E-state index contributed by atoms with van der Waals surface area (Å²) in [5.41, 5.74) is 6.16. The van der Waals surface area contributed by atoms with Gasteiger partial charge in [-0.1, -0.05) is 12.1 Å². The largest absolute Gasteiger partial charge is 0.397 e. The minimum absolute atomic E-state index is 0.0143. The van der Waals surface area contributed by atoms with Gasteiger partial charge in [-0.15, -0.1) is 0 Å². The highest BCUT2D eigenvalue weighted by atomic mass is 32.2. The van der Waals surface area contributed by atoms with Gasteiger partial charge >= 0.3 is 0 Å². The van der Waals surface area contributed by atoms with Crippen LogP contribution in [0.2, 0.25) is 0 Å². The molecule has 0 saturated heterocycles. The standard InChI is InChI=1S/C17H21FN4O4S/c1-11(23)8-21-17(24)16-15(19)7-14(9-20-16)27(25,26)22(2)10-12-3-5-13(18)6-4-12/h3-7,9,11,23H,8,10,19H2,1-2H3,(H,21,24)/t11-/m0/s1. The van der Waals surface area contributed by atoms with Gasteiger partial charge in [0, 0.05) is 26.3 Å². The zero-order chi connectivity index (χ0) is 20.2. The van der Waals surface area contributed by atoms with Crippen LogP contribution in [0, 0.1) is 5.82 Å². The van der Waals surface area contributed by atoms with E-state index in [1.807, 2.05) is 0 Å². The minimum atomic E-state index is -3.91. The van der Waals surface area contributed by atoms with E-state index < -0.39 is 27.9 Å². The molecule has 10 heteroatoms. The third-order valence-electron chi connectivity index (χ3n) is 3.69. The molecule has 8 nitrogen and oxygen atoms in total.